The summed E-state index contributed by atoms with van der Waals surface area (Å²) in [7, 11) is 0. The van der Waals surface area contributed by atoms with E-state index >= 15 is 0 Å². The van der Waals surface area contributed by atoms with Gasteiger partial charge in [0.1, 0.15) is 11.6 Å². The minimum absolute atomic E-state index is 0.0532. The zero-order valence-corrected chi connectivity index (χ0v) is 8.39. The molecular weight excluding hydrogens is 152 g/mol. The van der Waals surface area contributed by atoms with Gasteiger partial charge in [0.15, 0.2) is 0 Å². The molecule has 0 rings (SSSR count). The maximum atomic E-state index is 11.1. The number of ketones is 2. The SMILES string of the molecule is CC(=O)C[C@@H](CC(C)C)C(C)=O. The molecule has 0 radical (unpaired) electrons. The van der Waals surface area contributed by atoms with Crippen molar-refractivity contribution in [1.29, 1.82) is 0 Å². The van der Waals surface area contributed by atoms with Crippen LogP contribution in [0.3, 0.4) is 0 Å². The topological polar surface area (TPSA) is 34.1 Å². The molecule has 0 aromatic carbocycles. The monoisotopic (exact) mass is 170 g/mol. The molecule has 0 N–H and O–H groups in total. The Morgan fingerprint density at radius 3 is 1.92 bits per heavy atom. The Kier molecular flexibility index (Phi) is 4.79. The molecule has 0 aliphatic rings. The molecular formula is C10H18O2. The first-order chi connectivity index (χ1) is 5.43. The molecule has 0 spiro atoms. The van der Waals surface area contributed by atoms with Gasteiger partial charge in [0.2, 0.25) is 0 Å². The van der Waals surface area contributed by atoms with Crippen molar-refractivity contribution in [3.63, 3.8) is 0 Å². The maximum absolute atomic E-state index is 11.1. The van der Waals surface area contributed by atoms with Gasteiger partial charge in [0.05, 0.1) is 0 Å². The van der Waals surface area contributed by atoms with Gasteiger partial charge in [-0.25, -0.2) is 0 Å². The van der Waals surface area contributed by atoms with Crippen LogP contribution in [0.15, 0.2) is 0 Å². The molecule has 0 fully saturated rings. The summed E-state index contributed by atoms with van der Waals surface area (Å²) in [4.78, 5) is 21.9. The molecule has 1 atom stereocenters. The van der Waals surface area contributed by atoms with E-state index < -0.39 is 0 Å². The molecule has 0 heterocycles. The molecule has 0 unspecified atom stereocenters. The minimum atomic E-state index is -0.0532. The lowest BCUT2D eigenvalue weighted by atomic mass is 9.90. The maximum Gasteiger partial charge on any atom is 0.133 e. The number of Topliss-reactive ketones (excluding diaryl/α,β-unsaturated/α-hetero) is 2. The first kappa shape index (κ1) is 11.3. The van der Waals surface area contributed by atoms with Crippen LogP contribution >= 0.6 is 0 Å². The molecule has 0 amide bonds. The van der Waals surface area contributed by atoms with Crippen LogP contribution in [0.2, 0.25) is 0 Å². The zero-order valence-electron chi connectivity index (χ0n) is 8.39. The van der Waals surface area contributed by atoms with Crippen molar-refractivity contribution >= 4 is 11.6 Å². The predicted octanol–water partition coefficient (Wildman–Crippen LogP) is 2.22. The van der Waals surface area contributed by atoms with Crippen LogP contribution in [-0.2, 0) is 9.59 Å². The van der Waals surface area contributed by atoms with Crippen molar-refractivity contribution in [2.24, 2.45) is 11.8 Å². The fraction of sp³-hybridized carbons (Fsp3) is 0.800. The molecule has 0 aliphatic heterocycles. The second-order valence-electron chi connectivity index (χ2n) is 3.84. The van der Waals surface area contributed by atoms with Crippen molar-refractivity contribution in [3.8, 4) is 0 Å². The van der Waals surface area contributed by atoms with Crippen LogP contribution in [0.4, 0.5) is 0 Å². The van der Waals surface area contributed by atoms with E-state index in [-0.39, 0.29) is 17.5 Å². The summed E-state index contributed by atoms with van der Waals surface area (Å²) in [5, 5.41) is 0. The summed E-state index contributed by atoms with van der Waals surface area (Å²) < 4.78 is 0. The van der Waals surface area contributed by atoms with E-state index in [0.29, 0.717) is 12.3 Å². The third-order valence-electron chi connectivity index (χ3n) is 1.86. The molecule has 0 aromatic rings. The van der Waals surface area contributed by atoms with Crippen LogP contribution in [-0.4, -0.2) is 11.6 Å². The van der Waals surface area contributed by atoms with E-state index in [1.807, 2.05) is 0 Å². The van der Waals surface area contributed by atoms with E-state index in [9.17, 15) is 9.59 Å². The first-order valence-corrected chi connectivity index (χ1v) is 4.43. The molecule has 0 aromatic heterocycles. The third kappa shape index (κ3) is 5.05. The highest BCUT2D eigenvalue weighted by atomic mass is 16.1. The highest BCUT2D eigenvalue weighted by Crippen LogP contribution is 2.16. The standard InChI is InChI=1S/C10H18O2/c1-7(2)5-10(9(4)12)6-8(3)11/h7,10H,5-6H2,1-4H3/t10-/m1/s1. The second-order valence-corrected chi connectivity index (χ2v) is 3.84. The van der Waals surface area contributed by atoms with Gasteiger partial charge in [-0.1, -0.05) is 13.8 Å². The Bertz CT molecular complexity index is 171. The van der Waals surface area contributed by atoms with Gasteiger partial charge in [0, 0.05) is 12.3 Å². The van der Waals surface area contributed by atoms with Gasteiger partial charge in [-0.3, -0.25) is 4.79 Å². The van der Waals surface area contributed by atoms with Crippen LogP contribution in [0, 0.1) is 11.8 Å². The molecule has 12 heavy (non-hydrogen) atoms. The zero-order chi connectivity index (χ0) is 9.72. The van der Waals surface area contributed by atoms with E-state index in [4.69, 9.17) is 0 Å². The number of rotatable bonds is 5. The lowest BCUT2D eigenvalue weighted by molar-refractivity contribution is -0.126. The summed E-state index contributed by atoms with van der Waals surface area (Å²) in [5.41, 5.74) is 0. The summed E-state index contributed by atoms with van der Waals surface area (Å²) in [6.07, 6.45) is 1.24. The van der Waals surface area contributed by atoms with Crippen molar-refractivity contribution in [3.05, 3.63) is 0 Å². The van der Waals surface area contributed by atoms with Gasteiger partial charge >= 0.3 is 0 Å². The van der Waals surface area contributed by atoms with E-state index in [1.165, 1.54) is 6.92 Å². The molecule has 70 valence electrons. The normalized spacial score (nSPS) is 13.1. The Balaban J connectivity index is 4.04. The Morgan fingerprint density at radius 1 is 1.17 bits per heavy atom. The third-order valence-corrected chi connectivity index (χ3v) is 1.86. The lowest BCUT2D eigenvalue weighted by Crippen LogP contribution is -2.16. The predicted molar refractivity (Wildman–Crippen MR) is 48.9 cm³/mol. The summed E-state index contributed by atoms with van der Waals surface area (Å²) >= 11 is 0. The summed E-state index contributed by atoms with van der Waals surface area (Å²) in [6.45, 7) is 7.23. The van der Waals surface area contributed by atoms with Gasteiger partial charge < -0.3 is 4.79 Å². The quantitative estimate of drug-likeness (QED) is 0.634. The van der Waals surface area contributed by atoms with Crippen molar-refractivity contribution in [1.82, 2.24) is 0 Å². The average molecular weight is 170 g/mol. The molecule has 2 heteroatoms. The molecule has 0 saturated carbocycles. The van der Waals surface area contributed by atoms with Crippen molar-refractivity contribution in [2.45, 2.75) is 40.5 Å². The van der Waals surface area contributed by atoms with E-state index in [1.54, 1.807) is 6.92 Å². The van der Waals surface area contributed by atoms with Gasteiger partial charge in [-0.15, -0.1) is 0 Å². The number of hydrogen-bond donors (Lipinski definition) is 0. The van der Waals surface area contributed by atoms with Crippen LogP contribution in [0.25, 0.3) is 0 Å². The van der Waals surface area contributed by atoms with Crippen LogP contribution < -0.4 is 0 Å². The minimum Gasteiger partial charge on any atom is -0.300 e. The van der Waals surface area contributed by atoms with Gasteiger partial charge in [-0.05, 0) is 26.2 Å². The second kappa shape index (κ2) is 5.07. The van der Waals surface area contributed by atoms with Gasteiger partial charge in [-0.2, -0.15) is 0 Å². The Morgan fingerprint density at radius 2 is 1.67 bits per heavy atom. The van der Waals surface area contributed by atoms with Crippen molar-refractivity contribution < 1.29 is 9.59 Å². The lowest BCUT2D eigenvalue weighted by Gasteiger charge is -2.13. The Hall–Kier alpha value is -0.660. The number of hydrogen-bond acceptors (Lipinski definition) is 2. The van der Waals surface area contributed by atoms with E-state index in [2.05, 4.69) is 13.8 Å². The van der Waals surface area contributed by atoms with E-state index in [0.717, 1.165) is 6.42 Å². The highest BCUT2D eigenvalue weighted by molar-refractivity contribution is 5.85. The van der Waals surface area contributed by atoms with Crippen molar-refractivity contribution in [2.75, 3.05) is 0 Å². The van der Waals surface area contributed by atoms with Crippen LogP contribution in [0.1, 0.15) is 40.5 Å². The molecule has 0 bridgehead atoms. The molecule has 2 nitrogen and oxygen atoms in total. The summed E-state index contributed by atoms with van der Waals surface area (Å²) in [6, 6.07) is 0. The van der Waals surface area contributed by atoms with Crippen LogP contribution in [0.5, 0.6) is 0 Å². The summed E-state index contributed by atoms with van der Waals surface area (Å²) in [5.74, 6) is 0.676. The first-order valence-electron chi connectivity index (χ1n) is 4.43. The molecule has 0 saturated heterocycles. The van der Waals surface area contributed by atoms with Gasteiger partial charge in [0.25, 0.3) is 0 Å². The number of carbonyl (C=O) groups excluding carboxylic acids is 2. The molecule has 0 aliphatic carbocycles. The Labute approximate surface area is 74.3 Å². The average Bonchev–Trinajstić information content (AvgIpc) is 1.83. The highest BCUT2D eigenvalue weighted by Gasteiger charge is 2.17. The largest absolute Gasteiger partial charge is 0.300 e. The number of carbonyl (C=O) groups is 2. The fourth-order valence-electron chi connectivity index (χ4n) is 1.31. The fourth-order valence-corrected chi connectivity index (χ4v) is 1.31. The smallest absolute Gasteiger partial charge is 0.133 e.